The number of carbonyl (C=O) groups excluding carboxylic acids is 1. The molecular weight excluding hydrogens is 415 g/mol. The number of nitrogens with zero attached hydrogens (tertiary/aromatic N) is 2. The maximum absolute atomic E-state index is 13.1. The number of thiazole rings is 1. The van der Waals surface area contributed by atoms with E-state index in [-0.39, 0.29) is 11.8 Å². The van der Waals surface area contributed by atoms with Crippen LogP contribution in [0.5, 0.6) is 5.75 Å². The van der Waals surface area contributed by atoms with Crippen molar-refractivity contribution >= 4 is 22.3 Å². The van der Waals surface area contributed by atoms with Crippen molar-refractivity contribution in [3.63, 3.8) is 0 Å². The number of rotatable bonds is 7. The summed E-state index contributed by atoms with van der Waals surface area (Å²) in [5, 5.41) is 5.79. The van der Waals surface area contributed by atoms with Gasteiger partial charge in [-0.25, -0.2) is 14.2 Å². The van der Waals surface area contributed by atoms with E-state index in [4.69, 9.17) is 4.74 Å². The maximum Gasteiger partial charge on any atom is 0.315 e. The van der Waals surface area contributed by atoms with Crippen LogP contribution in [0.3, 0.4) is 0 Å². The summed E-state index contributed by atoms with van der Waals surface area (Å²) in [6.45, 7) is 2.98. The van der Waals surface area contributed by atoms with Gasteiger partial charge in [0.1, 0.15) is 11.6 Å². The number of amides is 2. The van der Waals surface area contributed by atoms with Crippen LogP contribution in [0, 0.1) is 12.7 Å². The van der Waals surface area contributed by atoms with Gasteiger partial charge in [0.2, 0.25) is 0 Å². The molecule has 0 atom stereocenters. The molecule has 0 radical (unpaired) electrons. The Bertz CT molecular complexity index is 1180. The lowest BCUT2D eigenvalue weighted by Crippen LogP contribution is -2.36. The number of imidazole rings is 1. The molecule has 0 saturated heterocycles. The van der Waals surface area contributed by atoms with Gasteiger partial charge in [-0.15, -0.1) is 0 Å². The monoisotopic (exact) mass is 438 g/mol. The van der Waals surface area contributed by atoms with E-state index in [0.717, 1.165) is 44.5 Å². The van der Waals surface area contributed by atoms with Crippen molar-refractivity contribution in [2.75, 3.05) is 13.7 Å². The Hall–Kier alpha value is -3.39. The molecule has 0 spiro atoms. The molecule has 4 rings (SSSR count). The molecule has 2 aromatic carbocycles. The number of urea groups is 1. The first-order valence-electron chi connectivity index (χ1n) is 9.91. The summed E-state index contributed by atoms with van der Waals surface area (Å²) < 4.78 is 20.3. The van der Waals surface area contributed by atoms with Crippen LogP contribution in [0.2, 0.25) is 0 Å². The van der Waals surface area contributed by atoms with Crippen LogP contribution in [-0.2, 0) is 13.0 Å². The third kappa shape index (κ3) is 4.86. The number of aromatic nitrogens is 2. The molecule has 2 N–H and O–H groups in total. The van der Waals surface area contributed by atoms with Crippen LogP contribution in [0.1, 0.15) is 16.1 Å². The average molecular weight is 439 g/mol. The minimum Gasteiger partial charge on any atom is -0.497 e. The molecule has 0 bridgehead atoms. The molecule has 0 saturated carbocycles. The lowest BCUT2D eigenvalue weighted by molar-refractivity contribution is 0.240. The van der Waals surface area contributed by atoms with E-state index < -0.39 is 0 Å². The first-order chi connectivity index (χ1) is 15.0. The van der Waals surface area contributed by atoms with Gasteiger partial charge >= 0.3 is 6.03 Å². The zero-order valence-electron chi connectivity index (χ0n) is 17.3. The van der Waals surface area contributed by atoms with E-state index >= 15 is 0 Å². The quantitative estimate of drug-likeness (QED) is 0.445. The van der Waals surface area contributed by atoms with Crippen LogP contribution in [0.4, 0.5) is 9.18 Å². The average Bonchev–Trinajstić information content (AvgIpc) is 3.32. The van der Waals surface area contributed by atoms with E-state index in [2.05, 4.69) is 15.6 Å². The molecule has 0 aliphatic heterocycles. The first kappa shape index (κ1) is 20.9. The molecular formula is C23H23FN4O2S. The predicted octanol–water partition coefficient (Wildman–Crippen LogP) is 4.56. The molecule has 4 aromatic rings. The highest BCUT2D eigenvalue weighted by Crippen LogP contribution is 2.27. The normalized spacial score (nSPS) is 10.9. The minimum absolute atomic E-state index is 0.203. The number of ether oxygens (including phenoxy) is 1. The topological polar surface area (TPSA) is 67.7 Å². The SMILES string of the molecule is COc1ccc(CCNC(=O)NCc2sc3nc(-c4ccc(F)cc4)cn3c2C)cc1. The number of halogens is 1. The van der Waals surface area contributed by atoms with E-state index in [9.17, 15) is 9.18 Å². The molecule has 0 fully saturated rings. The summed E-state index contributed by atoms with van der Waals surface area (Å²) in [4.78, 5) is 18.7. The highest BCUT2D eigenvalue weighted by molar-refractivity contribution is 7.17. The Kier molecular flexibility index (Phi) is 6.18. The number of hydrogen-bond donors (Lipinski definition) is 2. The van der Waals surface area contributed by atoms with Crippen molar-refractivity contribution in [1.82, 2.24) is 20.0 Å². The third-order valence-electron chi connectivity index (χ3n) is 5.06. The molecule has 0 unspecified atom stereocenters. The van der Waals surface area contributed by atoms with E-state index in [1.807, 2.05) is 41.8 Å². The summed E-state index contributed by atoms with van der Waals surface area (Å²) >= 11 is 1.53. The van der Waals surface area contributed by atoms with Gasteiger partial charge in [0.15, 0.2) is 4.96 Å². The van der Waals surface area contributed by atoms with Crippen molar-refractivity contribution < 1.29 is 13.9 Å². The highest BCUT2D eigenvalue weighted by Gasteiger charge is 2.13. The standard InChI is InChI=1S/C23H23FN4O2S/c1-15-21(13-26-22(29)25-12-11-16-3-9-19(30-2)10-4-16)31-23-27-20(14-28(15)23)17-5-7-18(24)8-6-17/h3-10,14H,11-13H2,1-2H3,(H2,25,26,29). The van der Waals surface area contributed by atoms with Gasteiger partial charge in [0.25, 0.3) is 0 Å². The minimum atomic E-state index is -0.267. The largest absolute Gasteiger partial charge is 0.497 e. The van der Waals surface area contributed by atoms with Gasteiger partial charge in [-0.05, 0) is 55.3 Å². The van der Waals surface area contributed by atoms with Crippen LogP contribution < -0.4 is 15.4 Å². The van der Waals surface area contributed by atoms with Crippen molar-refractivity contribution in [1.29, 1.82) is 0 Å². The van der Waals surface area contributed by atoms with Crippen LogP contribution in [0.25, 0.3) is 16.2 Å². The van der Waals surface area contributed by atoms with Gasteiger partial charge in [0, 0.05) is 28.9 Å². The van der Waals surface area contributed by atoms with Crippen LogP contribution >= 0.6 is 11.3 Å². The fourth-order valence-electron chi connectivity index (χ4n) is 3.25. The fourth-order valence-corrected chi connectivity index (χ4v) is 4.30. The smallest absolute Gasteiger partial charge is 0.315 e. The number of nitrogens with one attached hydrogen (secondary N) is 2. The molecule has 2 aromatic heterocycles. The molecule has 160 valence electrons. The summed E-state index contributed by atoms with van der Waals surface area (Å²) in [6, 6.07) is 13.9. The highest BCUT2D eigenvalue weighted by atomic mass is 32.1. The van der Waals surface area contributed by atoms with Gasteiger partial charge in [0.05, 0.1) is 19.3 Å². The molecule has 6 nitrogen and oxygen atoms in total. The lowest BCUT2D eigenvalue weighted by atomic mass is 10.1. The maximum atomic E-state index is 13.1. The zero-order chi connectivity index (χ0) is 21.8. The summed E-state index contributed by atoms with van der Waals surface area (Å²) in [7, 11) is 1.64. The second-order valence-corrected chi connectivity index (χ2v) is 8.17. The van der Waals surface area contributed by atoms with Crippen molar-refractivity contribution in [3.8, 4) is 17.0 Å². The Morgan fingerprint density at radius 1 is 1.13 bits per heavy atom. The van der Waals surface area contributed by atoms with Gasteiger partial charge in [-0.2, -0.15) is 0 Å². The van der Waals surface area contributed by atoms with Crippen molar-refractivity contribution in [2.45, 2.75) is 19.9 Å². The van der Waals surface area contributed by atoms with E-state index in [1.54, 1.807) is 19.2 Å². The summed E-state index contributed by atoms with van der Waals surface area (Å²) in [5.41, 5.74) is 3.82. The van der Waals surface area contributed by atoms with Gasteiger partial charge in [-0.3, -0.25) is 4.40 Å². The number of aryl methyl sites for hydroxylation is 1. The fraction of sp³-hybridized carbons (Fsp3) is 0.217. The van der Waals surface area contributed by atoms with Crippen LogP contribution in [0.15, 0.2) is 54.7 Å². The zero-order valence-corrected chi connectivity index (χ0v) is 18.1. The number of benzene rings is 2. The van der Waals surface area contributed by atoms with Crippen LogP contribution in [-0.4, -0.2) is 29.1 Å². The molecule has 2 heterocycles. The first-order valence-corrected chi connectivity index (χ1v) is 10.7. The molecule has 8 heteroatoms. The Labute approximate surface area is 183 Å². The van der Waals surface area contributed by atoms with E-state index in [1.165, 1.54) is 23.5 Å². The van der Waals surface area contributed by atoms with Crippen molar-refractivity contribution in [3.05, 3.63) is 76.7 Å². The number of methoxy groups -OCH3 is 1. The van der Waals surface area contributed by atoms with E-state index in [0.29, 0.717) is 13.1 Å². The molecule has 0 aliphatic rings. The Balaban J connectivity index is 1.31. The molecule has 2 amide bonds. The van der Waals surface area contributed by atoms with Crippen molar-refractivity contribution in [2.24, 2.45) is 0 Å². The summed E-state index contributed by atoms with van der Waals surface area (Å²) in [5.74, 6) is 0.550. The second kappa shape index (κ2) is 9.18. The summed E-state index contributed by atoms with van der Waals surface area (Å²) in [6.07, 6.45) is 2.68. The van der Waals surface area contributed by atoms with Gasteiger partial charge < -0.3 is 15.4 Å². The van der Waals surface area contributed by atoms with Gasteiger partial charge in [-0.1, -0.05) is 23.5 Å². The lowest BCUT2D eigenvalue weighted by Gasteiger charge is -2.08. The number of hydrogen-bond acceptors (Lipinski definition) is 4. The number of carbonyl (C=O) groups is 1. The Morgan fingerprint density at radius 2 is 1.87 bits per heavy atom. The Morgan fingerprint density at radius 3 is 2.55 bits per heavy atom. The third-order valence-corrected chi connectivity index (χ3v) is 6.22. The molecule has 31 heavy (non-hydrogen) atoms. The predicted molar refractivity (Wildman–Crippen MR) is 120 cm³/mol. The number of fused-ring (bicyclic) bond motifs is 1. The molecule has 0 aliphatic carbocycles. The second-order valence-electron chi connectivity index (χ2n) is 7.10.